The van der Waals surface area contributed by atoms with Gasteiger partial charge in [-0.2, -0.15) is 0 Å². The molecule has 0 aliphatic carbocycles. The molecule has 0 unspecified atom stereocenters. The number of carboxylic acids is 1. The van der Waals surface area contributed by atoms with Crippen LogP contribution in [0.2, 0.25) is 0 Å². The van der Waals surface area contributed by atoms with Crippen LogP contribution in [0.3, 0.4) is 0 Å². The summed E-state index contributed by atoms with van der Waals surface area (Å²) in [6, 6.07) is 4.61. The van der Waals surface area contributed by atoms with Crippen LogP contribution in [-0.2, 0) is 4.74 Å². The second kappa shape index (κ2) is 4.45. The smallest absolute Gasteiger partial charge is 0.411 e. The van der Waals surface area contributed by atoms with Crippen molar-refractivity contribution in [3.63, 3.8) is 0 Å². The van der Waals surface area contributed by atoms with Gasteiger partial charge in [-0.1, -0.05) is 6.07 Å². The number of ether oxygens (including phenoxy) is 1. The first-order valence-electron chi connectivity index (χ1n) is 4.23. The van der Waals surface area contributed by atoms with E-state index in [4.69, 9.17) is 5.11 Å². The van der Waals surface area contributed by atoms with Crippen LogP contribution in [0.15, 0.2) is 18.2 Å². The Labute approximate surface area is 86.7 Å². The number of rotatable bonds is 2. The highest BCUT2D eigenvalue weighted by atomic mass is 16.5. The zero-order valence-corrected chi connectivity index (χ0v) is 8.40. The van der Waals surface area contributed by atoms with Crippen molar-refractivity contribution in [2.24, 2.45) is 0 Å². The van der Waals surface area contributed by atoms with Gasteiger partial charge >= 0.3 is 12.1 Å². The Kier molecular flexibility index (Phi) is 3.28. The van der Waals surface area contributed by atoms with E-state index in [2.05, 4.69) is 10.1 Å². The van der Waals surface area contributed by atoms with Crippen molar-refractivity contribution in [3.05, 3.63) is 29.3 Å². The van der Waals surface area contributed by atoms with Gasteiger partial charge in [0.1, 0.15) is 0 Å². The standard InChI is InChI=1S/C10H11NO4/c1-6-3-4-7(11-10(14)15-2)5-8(6)9(12)13/h3-5H,1-2H3,(H,11,14)(H,12,13). The number of hydrogen-bond acceptors (Lipinski definition) is 3. The van der Waals surface area contributed by atoms with Gasteiger partial charge in [-0.25, -0.2) is 9.59 Å². The molecule has 1 aromatic rings. The first-order chi connectivity index (χ1) is 7.04. The van der Waals surface area contributed by atoms with Gasteiger partial charge in [-0.05, 0) is 24.6 Å². The first kappa shape index (κ1) is 11.0. The van der Waals surface area contributed by atoms with Gasteiger partial charge in [-0.15, -0.1) is 0 Å². The molecule has 2 N–H and O–H groups in total. The molecular weight excluding hydrogens is 198 g/mol. The molecule has 5 heteroatoms. The SMILES string of the molecule is COC(=O)Nc1ccc(C)c(C(=O)O)c1. The molecular formula is C10H11NO4. The van der Waals surface area contributed by atoms with Crippen molar-refractivity contribution >= 4 is 17.7 Å². The number of amides is 1. The van der Waals surface area contributed by atoms with Gasteiger partial charge in [0.25, 0.3) is 0 Å². The zero-order chi connectivity index (χ0) is 11.4. The van der Waals surface area contributed by atoms with Gasteiger partial charge in [0.05, 0.1) is 12.7 Å². The first-order valence-corrected chi connectivity index (χ1v) is 4.23. The van der Waals surface area contributed by atoms with E-state index in [9.17, 15) is 9.59 Å². The average Bonchev–Trinajstić information content (AvgIpc) is 2.20. The van der Waals surface area contributed by atoms with E-state index in [1.54, 1.807) is 19.1 Å². The van der Waals surface area contributed by atoms with Gasteiger partial charge in [-0.3, -0.25) is 5.32 Å². The number of methoxy groups -OCH3 is 1. The number of carboxylic acid groups (broad SMARTS) is 1. The molecule has 1 rings (SSSR count). The molecule has 1 amide bonds. The molecule has 5 nitrogen and oxygen atoms in total. The number of hydrogen-bond donors (Lipinski definition) is 2. The number of carbonyl (C=O) groups is 2. The second-order valence-corrected chi connectivity index (χ2v) is 2.95. The Balaban J connectivity index is 2.97. The predicted octanol–water partition coefficient (Wildman–Crippen LogP) is 1.87. The van der Waals surface area contributed by atoms with Crippen LogP contribution in [0.5, 0.6) is 0 Å². The Bertz CT molecular complexity index is 400. The van der Waals surface area contributed by atoms with E-state index in [-0.39, 0.29) is 5.56 Å². The molecule has 1 aromatic carbocycles. The maximum absolute atomic E-state index is 10.9. The molecule has 15 heavy (non-hydrogen) atoms. The van der Waals surface area contributed by atoms with Crippen LogP contribution in [-0.4, -0.2) is 24.3 Å². The van der Waals surface area contributed by atoms with Crippen LogP contribution in [0.1, 0.15) is 15.9 Å². The van der Waals surface area contributed by atoms with Crippen LogP contribution in [0, 0.1) is 6.92 Å². The second-order valence-electron chi connectivity index (χ2n) is 2.95. The molecule has 0 fully saturated rings. The van der Waals surface area contributed by atoms with Crippen molar-refractivity contribution in [3.8, 4) is 0 Å². The summed E-state index contributed by atoms with van der Waals surface area (Å²) in [5.74, 6) is -1.03. The minimum Gasteiger partial charge on any atom is -0.478 e. The highest BCUT2D eigenvalue weighted by Crippen LogP contribution is 2.15. The third kappa shape index (κ3) is 2.70. The molecule has 0 saturated carbocycles. The number of aromatic carboxylic acids is 1. The van der Waals surface area contributed by atoms with E-state index in [1.807, 2.05) is 0 Å². The van der Waals surface area contributed by atoms with E-state index in [0.29, 0.717) is 11.3 Å². The summed E-state index contributed by atoms with van der Waals surface area (Å²) < 4.78 is 4.39. The summed E-state index contributed by atoms with van der Waals surface area (Å²) in [6.07, 6.45) is -0.629. The lowest BCUT2D eigenvalue weighted by Gasteiger charge is -2.06. The van der Waals surface area contributed by atoms with Gasteiger partial charge < -0.3 is 9.84 Å². The van der Waals surface area contributed by atoms with Gasteiger partial charge in [0, 0.05) is 5.69 Å². The summed E-state index contributed by atoms with van der Waals surface area (Å²) in [5.41, 5.74) is 1.19. The normalized spacial score (nSPS) is 9.47. The van der Waals surface area contributed by atoms with Crippen LogP contribution >= 0.6 is 0 Å². The molecule has 0 aromatic heterocycles. The van der Waals surface area contributed by atoms with Gasteiger partial charge in [0.2, 0.25) is 0 Å². The minimum atomic E-state index is -1.03. The van der Waals surface area contributed by atoms with Crippen LogP contribution in [0.4, 0.5) is 10.5 Å². The summed E-state index contributed by atoms with van der Waals surface area (Å²) in [5, 5.41) is 11.2. The van der Waals surface area contributed by atoms with Gasteiger partial charge in [0.15, 0.2) is 0 Å². The molecule has 0 spiro atoms. The maximum atomic E-state index is 10.9. The third-order valence-corrected chi connectivity index (χ3v) is 1.90. The predicted molar refractivity (Wildman–Crippen MR) is 54.2 cm³/mol. The molecule has 0 aliphatic heterocycles. The number of anilines is 1. The number of carbonyl (C=O) groups excluding carboxylic acids is 1. The highest BCUT2D eigenvalue weighted by Gasteiger charge is 2.09. The number of nitrogens with one attached hydrogen (secondary N) is 1. The topological polar surface area (TPSA) is 75.6 Å². The lowest BCUT2D eigenvalue weighted by Crippen LogP contribution is -2.11. The number of aryl methyl sites for hydroxylation is 1. The fourth-order valence-corrected chi connectivity index (χ4v) is 1.10. The summed E-state index contributed by atoms with van der Waals surface area (Å²) in [4.78, 5) is 21.7. The van der Waals surface area contributed by atoms with E-state index in [0.717, 1.165) is 0 Å². The monoisotopic (exact) mass is 209 g/mol. The molecule has 0 bridgehead atoms. The largest absolute Gasteiger partial charge is 0.478 e. The highest BCUT2D eigenvalue weighted by molar-refractivity contribution is 5.92. The molecule has 0 saturated heterocycles. The van der Waals surface area contributed by atoms with E-state index >= 15 is 0 Å². The third-order valence-electron chi connectivity index (χ3n) is 1.90. The summed E-state index contributed by atoms with van der Waals surface area (Å²) >= 11 is 0. The average molecular weight is 209 g/mol. The minimum absolute atomic E-state index is 0.156. The summed E-state index contributed by atoms with van der Waals surface area (Å²) in [6.45, 7) is 1.69. The number of benzene rings is 1. The van der Waals surface area contributed by atoms with Crippen LogP contribution < -0.4 is 5.32 Å². The zero-order valence-electron chi connectivity index (χ0n) is 8.40. The van der Waals surface area contributed by atoms with E-state index in [1.165, 1.54) is 13.2 Å². The summed E-state index contributed by atoms with van der Waals surface area (Å²) in [7, 11) is 1.24. The van der Waals surface area contributed by atoms with Crippen molar-refractivity contribution < 1.29 is 19.4 Å². The Morgan fingerprint density at radius 1 is 1.40 bits per heavy atom. The fraction of sp³-hybridized carbons (Fsp3) is 0.200. The quantitative estimate of drug-likeness (QED) is 0.779. The van der Waals surface area contributed by atoms with Crippen molar-refractivity contribution in [1.29, 1.82) is 0 Å². The molecule has 0 heterocycles. The Hall–Kier alpha value is -2.04. The van der Waals surface area contributed by atoms with Crippen LogP contribution in [0.25, 0.3) is 0 Å². The van der Waals surface area contributed by atoms with Crippen molar-refractivity contribution in [2.75, 3.05) is 12.4 Å². The van der Waals surface area contributed by atoms with Crippen molar-refractivity contribution in [1.82, 2.24) is 0 Å². The lowest BCUT2D eigenvalue weighted by atomic mass is 10.1. The molecule has 0 aliphatic rings. The van der Waals surface area contributed by atoms with Crippen molar-refractivity contribution in [2.45, 2.75) is 6.92 Å². The maximum Gasteiger partial charge on any atom is 0.411 e. The molecule has 0 atom stereocenters. The fourth-order valence-electron chi connectivity index (χ4n) is 1.10. The molecule has 80 valence electrons. The Morgan fingerprint density at radius 2 is 2.07 bits per heavy atom. The Morgan fingerprint density at radius 3 is 2.60 bits per heavy atom. The lowest BCUT2D eigenvalue weighted by molar-refractivity contribution is 0.0696. The molecule has 0 radical (unpaired) electrons. The van der Waals surface area contributed by atoms with E-state index < -0.39 is 12.1 Å².